The van der Waals surface area contributed by atoms with Gasteiger partial charge in [0.25, 0.3) is 0 Å². The number of hydrogen-bond acceptors (Lipinski definition) is 4. The van der Waals surface area contributed by atoms with E-state index >= 15 is 0 Å². The third-order valence-electron chi connectivity index (χ3n) is 2.37. The molecule has 2 rings (SSSR count). The maximum absolute atomic E-state index is 11.6. The zero-order valence-corrected chi connectivity index (χ0v) is 14.1. The Morgan fingerprint density at radius 1 is 1.40 bits per heavy atom. The third-order valence-corrected chi connectivity index (χ3v) is 4.57. The summed E-state index contributed by atoms with van der Waals surface area (Å²) in [5, 5.41) is 15.4. The van der Waals surface area contributed by atoms with E-state index in [9.17, 15) is 9.90 Å². The second kappa shape index (κ2) is 7.01. The average molecular weight is 418 g/mol. The lowest BCUT2D eigenvalue weighted by Gasteiger charge is -2.02. The number of rotatable bonds is 4. The number of aromatic hydroxyl groups is 1. The molecule has 0 radical (unpaired) electrons. The highest BCUT2D eigenvalue weighted by atomic mass is 79.9. The van der Waals surface area contributed by atoms with Gasteiger partial charge in [-0.15, -0.1) is 11.3 Å². The minimum Gasteiger partial charge on any atom is -0.507 e. The number of carbonyl (C=O) groups is 1. The van der Waals surface area contributed by atoms with Crippen LogP contribution in [0.3, 0.4) is 0 Å². The van der Waals surface area contributed by atoms with Crippen LogP contribution in [0.4, 0.5) is 0 Å². The third kappa shape index (κ3) is 4.16. The van der Waals surface area contributed by atoms with Crippen molar-refractivity contribution in [2.45, 2.75) is 6.42 Å². The summed E-state index contributed by atoms with van der Waals surface area (Å²) in [7, 11) is 0. The summed E-state index contributed by atoms with van der Waals surface area (Å²) in [6.45, 7) is 0. The van der Waals surface area contributed by atoms with Crippen molar-refractivity contribution < 1.29 is 9.90 Å². The number of carbonyl (C=O) groups excluding carboxylic acids is 1. The molecule has 0 aliphatic rings. The zero-order chi connectivity index (χ0) is 14.5. The zero-order valence-electron chi connectivity index (χ0n) is 10.1. The van der Waals surface area contributed by atoms with Crippen molar-refractivity contribution in [1.29, 1.82) is 0 Å². The quantitative estimate of drug-likeness (QED) is 0.588. The van der Waals surface area contributed by atoms with Crippen LogP contribution in [-0.4, -0.2) is 17.2 Å². The van der Waals surface area contributed by atoms with Crippen molar-refractivity contribution in [2.75, 3.05) is 0 Å². The predicted molar refractivity (Wildman–Crippen MR) is 87.3 cm³/mol. The van der Waals surface area contributed by atoms with Gasteiger partial charge in [-0.05, 0) is 39.5 Å². The van der Waals surface area contributed by atoms with E-state index in [1.165, 1.54) is 17.6 Å². The van der Waals surface area contributed by atoms with Gasteiger partial charge in [-0.2, -0.15) is 5.10 Å². The molecule has 2 N–H and O–H groups in total. The Morgan fingerprint density at radius 2 is 2.20 bits per heavy atom. The molecule has 0 aliphatic heterocycles. The monoisotopic (exact) mass is 416 g/mol. The van der Waals surface area contributed by atoms with Gasteiger partial charge in [-0.3, -0.25) is 4.79 Å². The Morgan fingerprint density at radius 3 is 2.90 bits per heavy atom. The minimum absolute atomic E-state index is 0.111. The first-order valence-corrected chi connectivity index (χ1v) is 8.05. The van der Waals surface area contributed by atoms with Crippen LogP contribution in [0, 0.1) is 0 Å². The molecule has 104 valence electrons. The summed E-state index contributed by atoms with van der Waals surface area (Å²) in [4.78, 5) is 12.6. The second-order valence-electron chi connectivity index (χ2n) is 3.87. The molecule has 1 aromatic carbocycles. The number of hydrazone groups is 1. The highest BCUT2D eigenvalue weighted by molar-refractivity contribution is 9.11. The number of amides is 1. The Bertz CT molecular complexity index is 642. The summed E-state index contributed by atoms with van der Waals surface area (Å²) in [6.07, 6.45) is 1.78. The number of hydrogen-bond donors (Lipinski definition) is 2. The van der Waals surface area contributed by atoms with Crippen molar-refractivity contribution >= 4 is 55.3 Å². The Balaban J connectivity index is 1.96. The lowest BCUT2D eigenvalue weighted by molar-refractivity contribution is -0.120. The van der Waals surface area contributed by atoms with Crippen LogP contribution in [0.15, 0.2) is 43.7 Å². The molecule has 0 spiro atoms. The maximum atomic E-state index is 11.6. The van der Waals surface area contributed by atoms with Crippen LogP contribution < -0.4 is 5.43 Å². The molecule has 4 nitrogen and oxygen atoms in total. The maximum Gasteiger partial charge on any atom is 0.245 e. The molecule has 1 amide bonds. The van der Waals surface area contributed by atoms with E-state index in [-0.39, 0.29) is 11.7 Å². The number of nitrogens with zero attached hydrogens (tertiary/aromatic N) is 1. The number of phenols is 1. The topological polar surface area (TPSA) is 61.7 Å². The van der Waals surface area contributed by atoms with Gasteiger partial charge in [0.15, 0.2) is 0 Å². The molecule has 0 saturated carbocycles. The first kappa shape index (κ1) is 15.2. The van der Waals surface area contributed by atoms with Gasteiger partial charge in [0.2, 0.25) is 5.91 Å². The van der Waals surface area contributed by atoms with Gasteiger partial charge in [0, 0.05) is 14.9 Å². The molecule has 7 heteroatoms. The van der Waals surface area contributed by atoms with E-state index in [2.05, 4.69) is 42.4 Å². The molecule has 0 fully saturated rings. The van der Waals surface area contributed by atoms with E-state index in [4.69, 9.17) is 0 Å². The van der Waals surface area contributed by atoms with E-state index < -0.39 is 0 Å². The minimum atomic E-state index is -0.179. The number of halogens is 2. The van der Waals surface area contributed by atoms with Gasteiger partial charge >= 0.3 is 0 Å². The fraction of sp³-hybridized carbons (Fsp3) is 0.0769. The van der Waals surface area contributed by atoms with Gasteiger partial charge < -0.3 is 5.11 Å². The summed E-state index contributed by atoms with van der Waals surface area (Å²) in [6, 6.07) is 7.06. The SMILES string of the molecule is O=C(Cc1cccs1)NN=Cc1cc(O)c(Br)cc1Br. The number of benzene rings is 1. The molecule has 2 aromatic rings. The van der Waals surface area contributed by atoms with Crippen LogP contribution >= 0.6 is 43.2 Å². The van der Waals surface area contributed by atoms with E-state index in [1.807, 2.05) is 17.5 Å². The first-order chi connectivity index (χ1) is 9.56. The normalized spacial score (nSPS) is 10.9. The summed E-state index contributed by atoms with van der Waals surface area (Å²) in [5.74, 6) is -0.0688. The average Bonchev–Trinajstić information content (AvgIpc) is 2.88. The number of thiophene rings is 1. The van der Waals surface area contributed by atoms with Gasteiger partial charge in [-0.25, -0.2) is 5.43 Å². The fourth-order valence-corrected chi connectivity index (χ4v) is 3.24. The first-order valence-electron chi connectivity index (χ1n) is 5.58. The van der Waals surface area contributed by atoms with Gasteiger partial charge in [-0.1, -0.05) is 22.0 Å². The number of phenolic OH excluding ortho intramolecular Hbond substituents is 1. The van der Waals surface area contributed by atoms with E-state index in [0.29, 0.717) is 16.5 Å². The largest absolute Gasteiger partial charge is 0.507 e. The van der Waals surface area contributed by atoms with Crippen molar-refractivity contribution in [1.82, 2.24) is 5.43 Å². The van der Waals surface area contributed by atoms with Crippen molar-refractivity contribution in [2.24, 2.45) is 5.10 Å². The molecule has 20 heavy (non-hydrogen) atoms. The Kier molecular flexibility index (Phi) is 5.33. The van der Waals surface area contributed by atoms with Crippen LogP contribution in [0.5, 0.6) is 5.75 Å². The molecule has 0 bridgehead atoms. The molecular weight excluding hydrogens is 408 g/mol. The van der Waals surface area contributed by atoms with Crippen LogP contribution in [0.1, 0.15) is 10.4 Å². The molecule has 0 unspecified atom stereocenters. The van der Waals surface area contributed by atoms with Gasteiger partial charge in [0.05, 0.1) is 17.1 Å². The summed E-state index contributed by atoms with van der Waals surface area (Å²) >= 11 is 8.09. The van der Waals surface area contributed by atoms with Crippen LogP contribution in [-0.2, 0) is 11.2 Å². The Labute approximate surface area is 136 Å². The summed E-state index contributed by atoms with van der Waals surface area (Å²) in [5.41, 5.74) is 3.12. The van der Waals surface area contributed by atoms with Crippen LogP contribution in [0.25, 0.3) is 0 Å². The highest BCUT2D eigenvalue weighted by Gasteiger charge is 2.05. The van der Waals surface area contributed by atoms with Crippen molar-refractivity contribution in [3.05, 3.63) is 49.0 Å². The van der Waals surface area contributed by atoms with Gasteiger partial charge in [0.1, 0.15) is 5.75 Å². The molecule has 0 saturated heterocycles. The standard InChI is InChI=1S/C13H10Br2N2O2S/c14-10-6-11(15)12(18)4-8(10)7-16-17-13(19)5-9-2-1-3-20-9/h1-4,6-7,18H,5H2,(H,17,19). The summed E-state index contributed by atoms with van der Waals surface area (Å²) < 4.78 is 1.35. The predicted octanol–water partition coefficient (Wildman–Crippen LogP) is 3.67. The molecule has 0 atom stereocenters. The lowest BCUT2D eigenvalue weighted by Crippen LogP contribution is -2.19. The smallest absolute Gasteiger partial charge is 0.245 e. The molecule has 0 aliphatic carbocycles. The fourth-order valence-electron chi connectivity index (χ4n) is 1.44. The van der Waals surface area contributed by atoms with E-state index in [1.54, 1.807) is 12.1 Å². The second-order valence-corrected chi connectivity index (χ2v) is 6.62. The van der Waals surface area contributed by atoms with E-state index in [0.717, 1.165) is 9.35 Å². The Hall–Kier alpha value is -1.18. The molecular formula is C13H10Br2N2O2S. The van der Waals surface area contributed by atoms with Crippen LogP contribution in [0.2, 0.25) is 0 Å². The molecule has 1 aromatic heterocycles. The van der Waals surface area contributed by atoms with Crippen molar-refractivity contribution in [3.63, 3.8) is 0 Å². The number of nitrogens with one attached hydrogen (secondary N) is 1. The lowest BCUT2D eigenvalue weighted by atomic mass is 10.2. The molecule has 1 heterocycles. The highest BCUT2D eigenvalue weighted by Crippen LogP contribution is 2.29. The van der Waals surface area contributed by atoms with Crippen molar-refractivity contribution in [3.8, 4) is 5.75 Å².